The van der Waals surface area contributed by atoms with E-state index in [-0.39, 0.29) is 59.1 Å². The van der Waals surface area contributed by atoms with Gasteiger partial charge < -0.3 is 29.0 Å². The van der Waals surface area contributed by atoms with E-state index in [1.807, 2.05) is 6.07 Å². The van der Waals surface area contributed by atoms with E-state index < -0.39 is 31.4 Å². The summed E-state index contributed by atoms with van der Waals surface area (Å²) < 4.78 is 44.8. The van der Waals surface area contributed by atoms with Crippen LogP contribution in [-0.4, -0.2) is 39.1 Å². The van der Waals surface area contributed by atoms with Crippen LogP contribution >= 0.6 is 7.82 Å². The number of aromatic nitrogens is 4. The summed E-state index contributed by atoms with van der Waals surface area (Å²) in [7, 11) is -4.73. The molecule has 222 valence electrons. The summed E-state index contributed by atoms with van der Waals surface area (Å²) in [6.45, 7) is 5.52. The molecule has 0 radical (unpaired) electrons. The second-order valence-corrected chi connectivity index (χ2v) is 11.6. The molecule has 0 aliphatic carbocycles. The number of imidazole rings is 1. The fourth-order valence-corrected chi connectivity index (χ4v) is 5.69. The second-order valence-electron chi connectivity index (χ2n) is 10.2. The van der Waals surface area contributed by atoms with Gasteiger partial charge in [-0.05, 0) is 45.2 Å². The number of ether oxygens (including phenoxy) is 1. The van der Waals surface area contributed by atoms with Crippen LogP contribution in [-0.2, 0) is 30.6 Å². The Morgan fingerprint density at radius 3 is 2.63 bits per heavy atom. The number of amides is 2. The van der Waals surface area contributed by atoms with Gasteiger partial charge in [-0.1, -0.05) is 30.3 Å². The van der Waals surface area contributed by atoms with Crippen molar-refractivity contribution in [3.8, 4) is 11.1 Å². The van der Waals surface area contributed by atoms with Gasteiger partial charge in [0.25, 0.3) is 7.82 Å². The monoisotopic (exact) mass is 620 g/mol. The maximum Gasteiger partial charge on any atom is 1.00 e. The predicted molar refractivity (Wildman–Crippen MR) is 151 cm³/mol. The van der Waals surface area contributed by atoms with E-state index in [1.165, 1.54) is 26.2 Å². The molecule has 1 saturated heterocycles. The molecule has 0 spiro atoms. The van der Waals surface area contributed by atoms with Crippen molar-refractivity contribution in [2.24, 2.45) is 0 Å². The number of nitrogens with zero attached hydrogens (tertiary/aromatic N) is 3. The van der Waals surface area contributed by atoms with Gasteiger partial charge in [-0.2, -0.15) is 0 Å². The number of H-pyrrole nitrogens is 1. The van der Waals surface area contributed by atoms with E-state index in [1.54, 1.807) is 37.3 Å². The number of fused-ring (bicyclic) bond motifs is 1. The first-order valence-electron chi connectivity index (χ1n) is 13.5. The third kappa shape index (κ3) is 7.86. The van der Waals surface area contributed by atoms with Gasteiger partial charge in [0.15, 0.2) is 5.82 Å². The summed E-state index contributed by atoms with van der Waals surface area (Å²) >= 11 is 0. The van der Waals surface area contributed by atoms with E-state index in [0.29, 0.717) is 41.7 Å². The first kappa shape index (κ1) is 33.2. The van der Waals surface area contributed by atoms with Gasteiger partial charge in [-0.25, -0.2) is 24.1 Å². The van der Waals surface area contributed by atoms with Crippen LogP contribution in [0.1, 0.15) is 56.7 Å². The standard InChI is InChI=1S/C28H32FN6O6P.Na/c1-4-30-27(36)35-26-33-20-13-19(23(29)22(24(20)34-26)21-11-8-12-39-21)18-14-31-25(32-15-18)28(2,3)41-42(37,38)40-16-17-9-6-5-7-10-17;/h5-7,9-10,13-15,21H,4,8,11-12,16H2,1-3H3,(H,37,38)(H3,30,33,34,35,36);/q;+1/p-1/t21-;/m1./s1. The zero-order chi connectivity index (χ0) is 29.9. The largest absolute Gasteiger partial charge is 1.00 e. The zero-order valence-corrected chi connectivity index (χ0v) is 27.2. The molecule has 43 heavy (non-hydrogen) atoms. The first-order chi connectivity index (χ1) is 20.1. The quantitative estimate of drug-likeness (QED) is 0.178. The number of phosphoric acid groups is 1. The SMILES string of the molecule is CCNC(=O)Nc1nc2c([C@H]3CCCO3)c(F)c(-c3cnc(C(C)(C)OP(=O)([O-])OCc4ccccc4)nc3)cc2[nH]1.[Na+]. The number of phosphoric ester groups is 1. The van der Waals surface area contributed by atoms with Crippen molar-refractivity contribution in [2.45, 2.75) is 51.9 Å². The van der Waals surface area contributed by atoms with Crippen LogP contribution in [0.15, 0.2) is 48.8 Å². The predicted octanol–water partition coefficient (Wildman–Crippen LogP) is 2.09. The van der Waals surface area contributed by atoms with Crippen molar-refractivity contribution in [1.29, 1.82) is 0 Å². The van der Waals surface area contributed by atoms with Gasteiger partial charge in [0.2, 0.25) is 5.95 Å². The molecule has 5 rings (SSSR count). The summed E-state index contributed by atoms with van der Waals surface area (Å²) in [5, 5.41) is 5.23. The minimum absolute atomic E-state index is 0. The van der Waals surface area contributed by atoms with E-state index in [0.717, 1.165) is 6.42 Å². The van der Waals surface area contributed by atoms with Gasteiger partial charge >= 0.3 is 35.6 Å². The van der Waals surface area contributed by atoms with Gasteiger partial charge in [0.05, 0.1) is 23.7 Å². The molecule has 3 N–H and O–H groups in total. The molecule has 15 heteroatoms. The minimum atomic E-state index is -4.73. The van der Waals surface area contributed by atoms with E-state index >= 15 is 4.39 Å². The second kappa shape index (κ2) is 13.9. The number of anilines is 1. The van der Waals surface area contributed by atoms with Crippen LogP contribution in [0.3, 0.4) is 0 Å². The molecule has 1 fully saturated rings. The molecular weight excluding hydrogens is 589 g/mol. The summed E-state index contributed by atoms with van der Waals surface area (Å²) in [6.07, 6.45) is 3.66. The van der Waals surface area contributed by atoms with Crippen LogP contribution in [0.25, 0.3) is 22.2 Å². The zero-order valence-electron chi connectivity index (χ0n) is 24.3. The average molecular weight is 621 g/mol. The number of aromatic amines is 1. The Hall–Kier alpha value is -2.74. The van der Waals surface area contributed by atoms with Gasteiger partial charge in [0, 0.05) is 42.2 Å². The van der Waals surface area contributed by atoms with E-state index in [4.69, 9.17) is 13.8 Å². The van der Waals surface area contributed by atoms with Crippen LogP contribution < -0.4 is 45.1 Å². The number of rotatable bonds is 10. The Morgan fingerprint density at radius 2 is 1.98 bits per heavy atom. The fourth-order valence-electron chi connectivity index (χ4n) is 4.69. The Labute approximate surface area is 270 Å². The number of carbonyl (C=O) groups excluding carboxylic acids is 1. The minimum Gasteiger partial charge on any atom is -0.756 e. The van der Waals surface area contributed by atoms with Crippen LogP contribution in [0.4, 0.5) is 15.1 Å². The molecule has 1 aliphatic heterocycles. The number of hydrogen-bond donors (Lipinski definition) is 3. The smallest absolute Gasteiger partial charge is 0.756 e. The molecule has 1 unspecified atom stereocenters. The van der Waals surface area contributed by atoms with Crippen LogP contribution in [0.5, 0.6) is 0 Å². The van der Waals surface area contributed by atoms with Crippen molar-refractivity contribution >= 4 is 30.8 Å². The third-order valence-electron chi connectivity index (χ3n) is 6.64. The van der Waals surface area contributed by atoms with Crippen LogP contribution in [0.2, 0.25) is 0 Å². The normalized spacial score (nSPS) is 16.4. The molecule has 4 aromatic rings. The number of halogens is 1. The third-order valence-corrected chi connectivity index (χ3v) is 7.77. The number of carbonyl (C=O) groups is 1. The molecule has 3 heterocycles. The van der Waals surface area contributed by atoms with Crippen molar-refractivity contribution in [1.82, 2.24) is 25.3 Å². The fraction of sp³-hybridized carbons (Fsp3) is 0.357. The van der Waals surface area contributed by atoms with Crippen molar-refractivity contribution in [3.05, 3.63) is 71.6 Å². The molecule has 2 atom stereocenters. The number of urea groups is 1. The maximum atomic E-state index is 16.1. The van der Waals surface area contributed by atoms with Crippen molar-refractivity contribution < 1.29 is 62.0 Å². The summed E-state index contributed by atoms with van der Waals surface area (Å²) in [5.74, 6) is -0.328. The Bertz CT molecular complexity index is 1620. The summed E-state index contributed by atoms with van der Waals surface area (Å²) in [5.41, 5.74) is 0.833. The molecule has 2 aromatic heterocycles. The molecule has 2 aromatic carbocycles. The summed E-state index contributed by atoms with van der Waals surface area (Å²) in [4.78, 5) is 40.6. The number of nitrogens with one attached hydrogen (secondary N) is 3. The molecule has 2 amide bonds. The molecule has 1 aliphatic rings. The molecule has 12 nitrogen and oxygen atoms in total. The topological polar surface area (TPSA) is 163 Å². The van der Waals surface area contributed by atoms with Gasteiger partial charge in [-0.3, -0.25) is 9.88 Å². The van der Waals surface area contributed by atoms with Gasteiger partial charge in [0.1, 0.15) is 11.4 Å². The molecular formula is C28H31FN6NaO6P. The Balaban J connectivity index is 0.00000423. The van der Waals surface area contributed by atoms with E-state index in [2.05, 4.69) is 30.6 Å². The Morgan fingerprint density at radius 1 is 1.26 bits per heavy atom. The van der Waals surface area contributed by atoms with Crippen LogP contribution in [0, 0.1) is 5.82 Å². The summed E-state index contributed by atoms with van der Waals surface area (Å²) in [6, 6.07) is 9.93. The molecule has 0 saturated carbocycles. The first-order valence-corrected chi connectivity index (χ1v) is 14.9. The number of hydrogen-bond acceptors (Lipinski definition) is 9. The molecule has 0 bridgehead atoms. The average Bonchev–Trinajstić information content (AvgIpc) is 3.62. The van der Waals surface area contributed by atoms with E-state index in [9.17, 15) is 14.3 Å². The Kier molecular flexibility index (Phi) is 10.7. The number of benzene rings is 2. The van der Waals surface area contributed by atoms with Crippen molar-refractivity contribution in [2.75, 3.05) is 18.5 Å². The van der Waals surface area contributed by atoms with Gasteiger partial charge in [-0.15, -0.1) is 0 Å². The maximum absolute atomic E-state index is 16.1. The van der Waals surface area contributed by atoms with Crippen molar-refractivity contribution in [3.63, 3.8) is 0 Å².